The molecule has 3 heterocycles. The summed E-state index contributed by atoms with van der Waals surface area (Å²) in [6.07, 6.45) is 3.26. The predicted octanol–water partition coefficient (Wildman–Crippen LogP) is 4.00. The van der Waals surface area contributed by atoms with Gasteiger partial charge in [0, 0.05) is 32.2 Å². The number of likely N-dealkylation sites (tertiary alicyclic amines) is 1. The smallest absolute Gasteiger partial charge is 0.264 e. The van der Waals surface area contributed by atoms with Crippen LogP contribution < -0.4 is 10.6 Å². The van der Waals surface area contributed by atoms with Gasteiger partial charge in [0.05, 0.1) is 9.58 Å². The van der Waals surface area contributed by atoms with Crippen LogP contribution in [0.15, 0.2) is 6.07 Å². The summed E-state index contributed by atoms with van der Waals surface area (Å²) >= 11 is 3.19. The van der Waals surface area contributed by atoms with Crippen molar-refractivity contribution in [3.8, 4) is 0 Å². The van der Waals surface area contributed by atoms with Crippen molar-refractivity contribution in [2.75, 3.05) is 31.1 Å². The van der Waals surface area contributed by atoms with Gasteiger partial charge in [0.25, 0.3) is 5.91 Å². The number of amides is 1. The van der Waals surface area contributed by atoms with Crippen molar-refractivity contribution in [2.45, 2.75) is 39.2 Å². The lowest BCUT2D eigenvalue weighted by molar-refractivity contribution is 0.0628. The molecule has 142 valence electrons. The van der Waals surface area contributed by atoms with E-state index in [0.29, 0.717) is 6.54 Å². The van der Waals surface area contributed by atoms with E-state index in [-0.39, 0.29) is 36.8 Å². The maximum absolute atomic E-state index is 12.8. The van der Waals surface area contributed by atoms with Crippen molar-refractivity contribution < 1.29 is 4.79 Å². The molecule has 1 unspecified atom stereocenters. The molecule has 1 aliphatic rings. The maximum Gasteiger partial charge on any atom is 0.264 e. The molecule has 1 atom stereocenters. The van der Waals surface area contributed by atoms with Crippen LogP contribution in [0.5, 0.6) is 0 Å². The van der Waals surface area contributed by atoms with Gasteiger partial charge in [-0.25, -0.2) is 4.98 Å². The average Bonchev–Trinajstić information content (AvgIpc) is 3.14. The fourth-order valence-electron chi connectivity index (χ4n) is 3.11. The third-order valence-electron chi connectivity index (χ3n) is 4.48. The van der Waals surface area contributed by atoms with Gasteiger partial charge < -0.3 is 15.5 Å². The third kappa shape index (κ3) is 4.57. The van der Waals surface area contributed by atoms with Crippen LogP contribution in [0.1, 0.15) is 42.8 Å². The van der Waals surface area contributed by atoms with Crippen molar-refractivity contribution in [1.29, 1.82) is 0 Å². The summed E-state index contributed by atoms with van der Waals surface area (Å²) in [5.41, 5.74) is 5.84. The Labute approximate surface area is 169 Å². The Balaban J connectivity index is 0.00000156. The number of piperidine rings is 1. The molecule has 1 saturated heterocycles. The second-order valence-corrected chi connectivity index (χ2v) is 7.87. The third-order valence-corrected chi connectivity index (χ3v) is 6.69. The van der Waals surface area contributed by atoms with Crippen LogP contribution >= 0.6 is 47.5 Å². The monoisotopic (exact) mass is 424 g/mol. The number of nitrogens with zero attached hydrogens (tertiary/aromatic N) is 3. The number of rotatable bonds is 5. The molecule has 2 aromatic rings. The normalized spacial score (nSPS) is 17.1. The Bertz CT molecular complexity index is 655. The zero-order valence-electron chi connectivity index (χ0n) is 14.6. The van der Waals surface area contributed by atoms with E-state index in [1.54, 1.807) is 11.3 Å². The SMILES string of the molecule is CCN(CC)c1nc2sc(C(=O)N3CCCCC3CN)cc2s1.Cl.Cl. The van der Waals surface area contributed by atoms with Crippen LogP contribution in [-0.2, 0) is 0 Å². The van der Waals surface area contributed by atoms with Crippen molar-refractivity contribution in [1.82, 2.24) is 9.88 Å². The first kappa shape index (κ1) is 22.4. The number of fused-ring (bicyclic) bond motifs is 1. The molecule has 3 rings (SSSR count). The lowest BCUT2D eigenvalue weighted by Gasteiger charge is -2.34. The summed E-state index contributed by atoms with van der Waals surface area (Å²) in [7, 11) is 0. The van der Waals surface area contributed by atoms with E-state index in [1.807, 2.05) is 11.0 Å². The number of thiophene rings is 1. The van der Waals surface area contributed by atoms with E-state index in [1.165, 1.54) is 17.8 Å². The van der Waals surface area contributed by atoms with Gasteiger partial charge in [-0.3, -0.25) is 4.79 Å². The fourth-order valence-corrected chi connectivity index (χ4v) is 5.41. The molecule has 9 heteroatoms. The minimum atomic E-state index is 0. The molecule has 0 saturated carbocycles. The Morgan fingerprint density at radius 3 is 2.64 bits per heavy atom. The van der Waals surface area contributed by atoms with Gasteiger partial charge >= 0.3 is 0 Å². The fraction of sp³-hybridized carbons (Fsp3) is 0.625. The molecule has 0 spiro atoms. The molecule has 25 heavy (non-hydrogen) atoms. The number of anilines is 1. The van der Waals surface area contributed by atoms with Gasteiger partial charge in [0.1, 0.15) is 4.83 Å². The lowest BCUT2D eigenvalue weighted by atomic mass is 10.0. The summed E-state index contributed by atoms with van der Waals surface area (Å²) in [4.78, 5) is 23.5. The highest BCUT2D eigenvalue weighted by atomic mass is 35.5. The zero-order valence-corrected chi connectivity index (χ0v) is 17.8. The summed E-state index contributed by atoms with van der Waals surface area (Å²) in [5, 5.41) is 1.05. The van der Waals surface area contributed by atoms with Crippen molar-refractivity contribution in [3.63, 3.8) is 0 Å². The van der Waals surface area contributed by atoms with E-state index >= 15 is 0 Å². The van der Waals surface area contributed by atoms with E-state index in [4.69, 9.17) is 10.7 Å². The number of hydrogen-bond acceptors (Lipinski definition) is 6. The summed E-state index contributed by atoms with van der Waals surface area (Å²) in [5.74, 6) is 0.125. The molecule has 5 nitrogen and oxygen atoms in total. The van der Waals surface area contributed by atoms with Crippen molar-refractivity contribution in [3.05, 3.63) is 10.9 Å². The first-order valence-electron chi connectivity index (χ1n) is 8.34. The molecule has 2 N–H and O–H groups in total. The van der Waals surface area contributed by atoms with Gasteiger partial charge in [0.15, 0.2) is 5.13 Å². The summed E-state index contributed by atoms with van der Waals surface area (Å²) in [6, 6.07) is 2.20. The predicted molar refractivity (Wildman–Crippen MR) is 113 cm³/mol. The number of thiazole rings is 1. The number of halogens is 2. The largest absolute Gasteiger partial charge is 0.349 e. The minimum absolute atomic E-state index is 0. The number of aromatic nitrogens is 1. The highest BCUT2D eigenvalue weighted by Crippen LogP contribution is 2.35. The number of carbonyl (C=O) groups is 1. The van der Waals surface area contributed by atoms with Gasteiger partial charge in [-0.1, -0.05) is 11.3 Å². The molecular formula is C16H26Cl2N4OS2. The number of hydrogen-bond donors (Lipinski definition) is 1. The topological polar surface area (TPSA) is 62.5 Å². The van der Waals surface area contributed by atoms with E-state index in [0.717, 1.165) is 52.0 Å². The second-order valence-electron chi connectivity index (χ2n) is 5.83. The van der Waals surface area contributed by atoms with Crippen LogP contribution in [0.3, 0.4) is 0 Å². The highest BCUT2D eigenvalue weighted by molar-refractivity contribution is 7.29. The van der Waals surface area contributed by atoms with Crippen molar-refractivity contribution >= 4 is 68.1 Å². The first-order valence-corrected chi connectivity index (χ1v) is 9.97. The first-order chi connectivity index (χ1) is 11.2. The molecule has 0 bridgehead atoms. The molecule has 0 radical (unpaired) electrons. The van der Waals surface area contributed by atoms with Crippen molar-refractivity contribution in [2.24, 2.45) is 5.73 Å². The van der Waals surface area contributed by atoms with Crippen LogP contribution in [0.25, 0.3) is 9.53 Å². The van der Waals surface area contributed by atoms with Crippen LogP contribution in [-0.4, -0.2) is 48.0 Å². The quantitative estimate of drug-likeness (QED) is 0.787. The van der Waals surface area contributed by atoms with E-state index < -0.39 is 0 Å². The molecule has 1 aliphatic heterocycles. The Hall–Kier alpha value is -0.600. The molecule has 0 aromatic carbocycles. The maximum atomic E-state index is 12.8. The Kier molecular flexibility index (Phi) is 8.91. The molecule has 1 amide bonds. The average molecular weight is 425 g/mol. The zero-order chi connectivity index (χ0) is 16.4. The van der Waals surface area contributed by atoms with Gasteiger partial charge in [-0.05, 0) is 39.2 Å². The molecule has 0 aliphatic carbocycles. The standard InChI is InChI=1S/C16H24N4OS2.2ClH/c1-3-19(4-2)16-18-14-12(23-16)9-13(22-14)15(21)20-8-6-5-7-11(20)10-17;;/h9,11H,3-8,10,17H2,1-2H3;2*1H. The van der Waals surface area contributed by atoms with Crippen LogP contribution in [0.2, 0.25) is 0 Å². The molecular weight excluding hydrogens is 399 g/mol. The Morgan fingerprint density at radius 2 is 2.04 bits per heavy atom. The Morgan fingerprint density at radius 1 is 1.32 bits per heavy atom. The molecule has 1 fully saturated rings. The number of nitrogens with two attached hydrogens (primary N) is 1. The van der Waals surface area contributed by atoms with E-state index in [9.17, 15) is 4.79 Å². The minimum Gasteiger partial charge on any atom is -0.349 e. The van der Waals surface area contributed by atoms with E-state index in [2.05, 4.69) is 18.7 Å². The van der Waals surface area contributed by atoms with Gasteiger partial charge in [0.2, 0.25) is 0 Å². The van der Waals surface area contributed by atoms with Gasteiger partial charge in [-0.15, -0.1) is 36.2 Å². The summed E-state index contributed by atoms with van der Waals surface area (Å²) in [6.45, 7) is 7.55. The highest BCUT2D eigenvalue weighted by Gasteiger charge is 2.28. The van der Waals surface area contributed by atoms with Crippen LogP contribution in [0, 0.1) is 0 Å². The second kappa shape index (κ2) is 9.92. The van der Waals surface area contributed by atoms with Gasteiger partial charge in [-0.2, -0.15) is 0 Å². The molecule has 2 aromatic heterocycles. The van der Waals surface area contributed by atoms with Crippen LogP contribution in [0.4, 0.5) is 5.13 Å². The number of carbonyl (C=O) groups excluding carboxylic acids is 1. The summed E-state index contributed by atoms with van der Waals surface area (Å²) < 4.78 is 1.11. The lowest BCUT2D eigenvalue weighted by Crippen LogP contribution is -2.47.